The fourth-order valence-corrected chi connectivity index (χ4v) is 5.99. The maximum Gasteiger partial charge on any atom is 0.264 e. The largest absolute Gasteiger partial charge is 0.399 e. The van der Waals surface area contributed by atoms with Crippen LogP contribution in [0.3, 0.4) is 0 Å². The monoisotopic (exact) mass is 474 g/mol. The number of carbonyl (C=O) groups excluding carboxylic acids is 1. The Bertz CT molecular complexity index is 1230. The third kappa shape index (κ3) is 4.26. The van der Waals surface area contributed by atoms with Crippen LogP contribution in [0.2, 0.25) is 0 Å². The molecule has 0 atom stereocenters. The molecule has 3 heterocycles. The number of fused-ring (bicyclic) bond motifs is 1. The van der Waals surface area contributed by atoms with Crippen molar-refractivity contribution in [1.29, 1.82) is 0 Å². The molecular formula is C27H30N4O2S. The van der Waals surface area contributed by atoms with E-state index in [2.05, 4.69) is 46.4 Å². The molecule has 7 heteroatoms. The minimum atomic E-state index is 0.108. The molecule has 176 valence electrons. The summed E-state index contributed by atoms with van der Waals surface area (Å²) < 4.78 is 0. The smallest absolute Gasteiger partial charge is 0.264 e. The average molecular weight is 475 g/mol. The van der Waals surface area contributed by atoms with Crippen LogP contribution in [0.5, 0.6) is 0 Å². The quantitative estimate of drug-likeness (QED) is 0.492. The zero-order chi connectivity index (χ0) is 23.7. The first-order valence-corrected chi connectivity index (χ1v) is 12.7. The Morgan fingerprint density at radius 2 is 1.94 bits per heavy atom. The second-order valence-corrected chi connectivity index (χ2v) is 10.0. The summed E-state index contributed by atoms with van der Waals surface area (Å²) in [5, 5.41) is 6.20. The summed E-state index contributed by atoms with van der Waals surface area (Å²) in [7, 11) is 5.69. The molecule has 1 saturated heterocycles. The topological polar surface area (TPSA) is 58.0 Å². The molecule has 1 aliphatic carbocycles. The summed E-state index contributed by atoms with van der Waals surface area (Å²) in [4.78, 5) is 28.1. The Morgan fingerprint density at radius 3 is 2.74 bits per heavy atom. The van der Waals surface area contributed by atoms with Gasteiger partial charge in [0.25, 0.3) is 5.91 Å². The first-order valence-electron chi connectivity index (χ1n) is 11.8. The number of oxime groups is 1. The van der Waals surface area contributed by atoms with Crippen molar-refractivity contribution >= 4 is 23.0 Å². The van der Waals surface area contributed by atoms with Gasteiger partial charge in [0.2, 0.25) is 0 Å². The predicted molar refractivity (Wildman–Crippen MR) is 137 cm³/mol. The highest BCUT2D eigenvalue weighted by Crippen LogP contribution is 2.38. The Morgan fingerprint density at radius 1 is 1.12 bits per heavy atom. The number of hydrogen-bond acceptors (Lipinski definition) is 6. The van der Waals surface area contributed by atoms with E-state index in [0.717, 1.165) is 77.2 Å². The van der Waals surface area contributed by atoms with Gasteiger partial charge in [-0.05, 0) is 80.0 Å². The maximum absolute atomic E-state index is 13.6. The van der Waals surface area contributed by atoms with Gasteiger partial charge in [-0.3, -0.25) is 9.78 Å². The second kappa shape index (κ2) is 9.68. The van der Waals surface area contributed by atoms with Crippen molar-refractivity contribution in [3.8, 4) is 22.3 Å². The highest BCUT2D eigenvalue weighted by atomic mass is 32.1. The normalized spacial score (nSPS) is 17.7. The molecule has 3 aromatic rings. The van der Waals surface area contributed by atoms with Gasteiger partial charge in [-0.2, -0.15) is 0 Å². The number of benzene rings is 1. The molecule has 1 fully saturated rings. The molecule has 1 aromatic carbocycles. The van der Waals surface area contributed by atoms with Crippen molar-refractivity contribution in [2.45, 2.75) is 31.7 Å². The number of amides is 1. The van der Waals surface area contributed by atoms with E-state index in [9.17, 15) is 4.79 Å². The highest BCUT2D eigenvalue weighted by Gasteiger charge is 2.28. The molecule has 0 radical (unpaired) electrons. The van der Waals surface area contributed by atoms with Crippen molar-refractivity contribution in [3.63, 3.8) is 0 Å². The summed E-state index contributed by atoms with van der Waals surface area (Å²) in [6.07, 6.45) is 7.58. The molecule has 1 aliphatic heterocycles. The Kier molecular flexibility index (Phi) is 6.48. The van der Waals surface area contributed by atoms with Gasteiger partial charge >= 0.3 is 0 Å². The van der Waals surface area contributed by atoms with Crippen LogP contribution in [0.15, 0.2) is 53.3 Å². The van der Waals surface area contributed by atoms with Crippen LogP contribution in [0.4, 0.5) is 0 Å². The number of thiophene rings is 1. The Labute approximate surface area is 204 Å². The Balaban J connectivity index is 1.47. The lowest BCUT2D eigenvalue weighted by atomic mass is 9.94. The number of rotatable bonds is 5. The van der Waals surface area contributed by atoms with E-state index in [-0.39, 0.29) is 11.9 Å². The van der Waals surface area contributed by atoms with Gasteiger partial charge in [-0.25, -0.2) is 0 Å². The summed E-state index contributed by atoms with van der Waals surface area (Å²) in [6.45, 7) is 2.06. The van der Waals surface area contributed by atoms with Crippen LogP contribution < -0.4 is 0 Å². The summed E-state index contributed by atoms with van der Waals surface area (Å²) in [5.41, 5.74) is 7.59. The SMILES string of the molecule is CON=C1CCc2cc(-c3cnccc3-c3ccsc3C(=O)N(C)C3CCN(C)CC3)ccc21. The maximum atomic E-state index is 13.6. The first kappa shape index (κ1) is 22.7. The third-order valence-corrected chi connectivity index (χ3v) is 7.99. The predicted octanol–water partition coefficient (Wildman–Crippen LogP) is 4.94. The highest BCUT2D eigenvalue weighted by molar-refractivity contribution is 7.12. The number of carbonyl (C=O) groups is 1. The van der Waals surface area contributed by atoms with Crippen molar-refractivity contribution in [2.24, 2.45) is 5.16 Å². The lowest BCUT2D eigenvalue weighted by molar-refractivity contribution is 0.0665. The molecule has 0 saturated carbocycles. The molecule has 0 spiro atoms. The van der Waals surface area contributed by atoms with Gasteiger partial charge < -0.3 is 14.6 Å². The van der Waals surface area contributed by atoms with Crippen molar-refractivity contribution in [1.82, 2.24) is 14.8 Å². The molecule has 1 amide bonds. The summed E-state index contributed by atoms with van der Waals surface area (Å²) >= 11 is 1.52. The fourth-order valence-electron chi connectivity index (χ4n) is 5.10. The minimum absolute atomic E-state index is 0.108. The minimum Gasteiger partial charge on any atom is -0.399 e. The van der Waals surface area contributed by atoms with Crippen molar-refractivity contribution in [2.75, 3.05) is 34.3 Å². The molecule has 0 N–H and O–H groups in total. The lowest BCUT2D eigenvalue weighted by Crippen LogP contribution is -2.44. The number of nitrogens with zero attached hydrogens (tertiary/aromatic N) is 4. The third-order valence-electron chi connectivity index (χ3n) is 7.09. The van der Waals surface area contributed by atoms with Gasteiger partial charge in [0.15, 0.2) is 0 Å². The van der Waals surface area contributed by atoms with E-state index >= 15 is 0 Å². The van der Waals surface area contributed by atoms with Crippen LogP contribution in [-0.2, 0) is 11.3 Å². The lowest BCUT2D eigenvalue weighted by Gasteiger charge is -2.35. The number of aromatic nitrogens is 1. The van der Waals surface area contributed by atoms with Gasteiger partial charge in [0, 0.05) is 42.2 Å². The molecule has 2 aromatic heterocycles. The van der Waals surface area contributed by atoms with Crippen molar-refractivity contribution < 1.29 is 9.63 Å². The van der Waals surface area contributed by atoms with Crippen LogP contribution in [0, 0.1) is 0 Å². The number of hydrogen-bond donors (Lipinski definition) is 0. The number of aryl methyl sites for hydroxylation is 1. The molecule has 34 heavy (non-hydrogen) atoms. The molecule has 0 bridgehead atoms. The number of pyridine rings is 1. The second-order valence-electron chi connectivity index (χ2n) is 9.13. The van der Waals surface area contributed by atoms with Crippen LogP contribution in [0.25, 0.3) is 22.3 Å². The molecular weight excluding hydrogens is 444 g/mol. The van der Waals surface area contributed by atoms with E-state index in [1.54, 1.807) is 7.11 Å². The summed E-state index contributed by atoms with van der Waals surface area (Å²) in [6, 6.07) is 10.8. The van der Waals surface area contributed by atoms with Crippen molar-refractivity contribution in [3.05, 3.63) is 64.1 Å². The van der Waals surface area contributed by atoms with E-state index < -0.39 is 0 Å². The van der Waals surface area contributed by atoms with E-state index in [1.165, 1.54) is 16.9 Å². The average Bonchev–Trinajstić information content (AvgIpc) is 3.51. The van der Waals surface area contributed by atoms with E-state index in [4.69, 9.17) is 4.84 Å². The van der Waals surface area contributed by atoms with Gasteiger partial charge in [0.05, 0.1) is 10.6 Å². The van der Waals surface area contributed by atoms with Gasteiger partial charge in [0.1, 0.15) is 7.11 Å². The first-order chi connectivity index (χ1) is 16.6. The van der Waals surface area contributed by atoms with E-state index in [1.807, 2.05) is 35.8 Å². The molecule has 2 aliphatic rings. The van der Waals surface area contributed by atoms with Crippen LogP contribution in [0.1, 0.15) is 40.1 Å². The number of likely N-dealkylation sites (tertiary alicyclic amines) is 1. The van der Waals surface area contributed by atoms with Crippen LogP contribution >= 0.6 is 11.3 Å². The zero-order valence-corrected chi connectivity index (χ0v) is 20.8. The Hall–Kier alpha value is -3.03. The van der Waals surface area contributed by atoms with Crippen LogP contribution in [-0.4, -0.2) is 66.7 Å². The standard InChI is InChI=1S/C27H30N4O2S/c1-30-13-9-20(10-14-30)31(2)27(32)26-23(11-15-34-26)22-8-12-28-17-24(22)19-4-6-21-18(16-19)5-7-25(21)29-33-3/h4,6,8,11-12,15-17,20H,5,7,9-10,13-14H2,1-3H3. The van der Waals surface area contributed by atoms with Gasteiger partial charge in [-0.1, -0.05) is 23.4 Å². The fraction of sp³-hybridized carbons (Fsp3) is 0.370. The molecule has 6 nitrogen and oxygen atoms in total. The van der Waals surface area contributed by atoms with E-state index in [0.29, 0.717) is 0 Å². The molecule has 0 unspecified atom stereocenters. The zero-order valence-electron chi connectivity index (χ0n) is 20.0. The number of piperidine rings is 1. The molecule has 5 rings (SSSR count). The summed E-state index contributed by atoms with van der Waals surface area (Å²) in [5.74, 6) is 0.108. The van der Waals surface area contributed by atoms with Gasteiger partial charge in [-0.15, -0.1) is 11.3 Å².